The van der Waals surface area contributed by atoms with Crippen molar-refractivity contribution < 1.29 is 9.18 Å². The molecule has 0 aliphatic rings. The third-order valence-corrected chi connectivity index (χ3v) is 3.32. The van der Waals surface area contributed by atoms with Crippen LogP contribution in [0.2, 0.25) is 0 Å². The average molecular weight is 271 g/mol. The van der Waals surface area contributed by atoms with Gasteiger partial charge in [0.1, 0.15) is 5.82 Å². The first kappa shape index (κ1) is 14.3. The lowest BCUT2D eigenvalue weighted by Gasteiger charge is -2.13. The summed E-state index contributed by atoms with van der Waals surface area (Å²) in [5.74, 6) is -0.0659. The van der Waals surface area contributed by atoms with E-state index in [-0.39, 0.29) is 11.7 Å². The number of carbonyl (C=O) groups is 1. The summed E-state index contributed by atoms with van der Waals surface area (Å²) >= 11 is 0. The molecule has 0 heterocycles. The lowest BCUT2D eigenvalue weighted by molar-refractivity contribution is 0.0963. The van der Waals surface area contributed by atoms with Gasteiger partial charge in [0.05, 0.1) is 0 Å². The van der Waals surface area contributed by atoms with E-state index in [1.54, 1.807) is 25.2 Å². The van der Waals surface area contributed by atoms with Gasteiger partial charge in [0.15, 0.2) is 0 Å². The van der Waals surface area contributed by atoms with Crippen molar-refractivity contribution >= 4 is 5.91 Å². The highest BCUT2D eigenvalue weighted by atomic mass is 19.1. The first-order valence-corrected chi connectivity index (χ1v) is 6.65. The smallest absolute Gasteiger partial charge is 0.251 e. The van der Waals surface area contributed by atoms with E-state index in [0.717, 1.165) is 16.7 Å². The Morgan fingerprint density at radius 3 is 2.30 bits per heavy atom. The van der Waals surface area contributed by atoms with E-state index in [0.29, 0.717) is 11.5 Å². The third-order valence-electron chi connectivity index (χ3n) is 3.32. The Morgan fingerprint density at radius 1 is 1.10 bits per heavy atom. The molecule has 104 valence electrons. The van der Waals surface area contributed by atoms with Crippen LogP contribution in [0.5, 0.6) is 0 Å². The van der Waals surface area contributed by atoms with Crippen LogP contribution in [0, 0.1) is 5.82 Å². The molecule has 1 N–H and O–H groups in total. The summed E-state index contributed by atoms with van der Waals surface area (Å²) in [4.78, 5) is 11.5. The third kappa shape index (κ3) is 2.87. The minimum atomic E-state index is -0.250. The van der Waals surface area contributed by atoms with Gasteiger partial charge in [-0.15, -0.1) is 0 Å². The van der Waals surface area contributed by atoms with Gasteiger partial charge in [-0.2, -0.15) is 0 Å². The van der Waals surface area contributed by atoms with E-state index in [4.69, 9.17) is 0 Å². The van der Waals surface area contributed by atoms with Crippen molar-refractivity contribution in [3.63, 3.8) is 0 Å². The predicted molar refractivity (Wildman–Crippen MR) is 79.3 cm³/mol. The Bertz CT molecular complexity index is 617. The lowest BCUT2D eigenvalue weighted by atomic mass is 9.92. The molecule has 0 saturated carbocycles. The second-order valence-electron chi connectivity index (χ2n) is 5.04. The summed E-state index contributed by atoms with van der Waals surface area (Å²) in [5.41, 5.74) is 3.49. The number of carbonyl (C=O) groups excluding carboxylic acids is 1. The van der Waals surface area contributed by atoms with E-state index in [1.807, 2.05) is 18.2 Å². The number of hydrogen-bond acceptors (Lipinski definition) is 1. The summed E-state index contributed by atoms with van der Waals surface area (Å²) in [7, 11) is 1.60. The molecule has 0 unspecified atom stereocenters. The van der Waals surface area contributed by atoms with Crippen molar-refractivity contribution in [3.8, 4) is 11.1 Å². The van der Waals surface area contributed by atoms with E-state index >= 15 is 0 Å². The lowest BCUT2D eigenvalue weighted by Crippen LogP contribution is -2.17. The molecule has 0 aromatic heterocycles. The molecule has 0 radical (unpaired) electrons. The normalized spacial score (nSPS) is 10.7. The molecule has 2 aromatic rings. The Kier molecular flexibility index (Phi) is 4.18. The van der Waals surface area contributed by atoms with Crippen LogP contribution in [-0.4, -0.2) is 13.0 Å². The van der Waals surface area contributed by atoms with Crippen molar-refractivity contribution in [2.45, 2.75) is 19.8 Å². The first-order valence-electron chi connectivity index (χ1n) is 6.65. The Labute approximate surface area is 118 Å². The number of halogens is 1. The zero-order chi connectivity index (χ0) is 14.7. The standard InChI is InChI=1S/C17H18FNO/c1-11(2)15-9-8-14(18)10-16(15)12-4-6-13(7-5-12)17(20)19-3/h4-11H,1-3H3,(H,19,20). The number of amides is 1. The van der Waals surface area contributed by atoms with E-state index in [2.05, 4.69) is 19.2 Å². The molecule has 0 aliphatic heterocycles. The van der Waals surface area contributed by atoms with E-state index in [9.17, 15) is 9.18 Å². The van der Waals surface area contributed by atoms with E-state index < -0.39 is 0 Å². The molecule has 3 heteroatoms. The summed E-state index contributed by atoms with van der Waals surface area (Å²) in [6, 6.07) is 12.1. The quantitative estimate of drug-likeness (QED) is 0.899. The molecule has 1 amide bonds. The second kappa shape index (κ2) is 5.87. The molecule has 0 spiro atoms. The van der Waals surface area contributed by atoms with Gasteiger partial charge in [-0.3, -0.25) is 4.79 Å². The molecule has 0 fully saturated rings. The fourth-order valence-electron chi connectivity index (χ4n) is 2.23. The average Bonchev–Trinajstić information content (AvgIpc) is 2.46. The van der Waals surface area contributed by atoms with Crippen molar-refractivity contribution in [1.29, 1.82) is 0 Å². The molecule has 2 aromatic carbocycles. The highest BCUT2D eigenvalue weighted by molar-refractivity contribution is 5.94. The maximum absolute atomic E-state index is 13.5. The highest BCUT2D eigenvalue weighted by Crippen LogP contribution is 2.30. The minimum absolute atomic E-state index is 0.125. The summed E-state index contributed by atoms with van der Waals surface area (Å²) in [5, 5.41) is 2.58. The van der Waals surface area contributed by atoms with Gasteiger partial charge in [0, 0.05) is 12.6 Å². The number of benzene rings is 2. The van der Waals surface area contributed by atoms with Gasteiger partial charge >= 0.3 is 0 Å². The minimum Gasteiger partial charge on any atom is -0.355 e. The zero-order valence-electron chi connectivity index (χ0n) is 11.9. The van der Waals surface area contributed by atoms with Gasteiger partial charge in [-0.05, 0) is 46.9 Å². The summed E-state index contributed by atoms with van der Waals surface area (Å²) in [6.45, 7) is 4.16. The topological polar surface area (TPSA) is 29.1 Å². The molecular weight excluding hydrogens is 253 g/mol. The zero-order valence-corrected chi connectivity index (χ0v) is 11.9. The van der Waals surface area contributed by atoms with Crippen LogP contribution in [0.1, 0.15) is 35.7 Å². The SMILES string of the molecule is CNC(=O)c1ccc(-c2cc(F)ccc2C(C)C)cc1. The van der Waals surface area contributed by atoms with Crippen LogP contribution in [0.3, 0.4) is 0 Å². The van der Waals surface area contributed by atoms with Gasteiger partial charge in [0.25, 0.3) is 5.91 Å². The first-order chi connectivity index (χ1) is 9.52. The Hall–Kier alpha value is -2.16. The summed E-state index contributed by atoms with van der Waals surface area (Å²) in [6.07, 6.45) is 0. The van der Waals surface area contributed by atoms with Crippen molar-refractivity contribution in [1.82, 2.24) is 5.32 Å². The fraction of sp³-hybridized carbons (Fsp3) is 0.235. The molecule has 2 nitrogen and oxygen atoms in total. The van der Waals surface area contributed by atoms with Gasteiger partial charge in [0.2, 0.25) is 0 Å². The summed E-state index contributed by atoms with van der Waals surface area (Å²) < 4.78 is 13.5. The maximum atomic E-state index is 13.5. The van der Waals surface area contributed by atoms with Crippen LogP contribution in [0.4, 0.5) is 4.39 Å². The van der Waals surface area contributed by atoms with Gasteiger partial charge < -0.3 is 5.32 Å². The number of nitrogens with one attached hydrogen (secondary N) is 1. The molecule has 20 heavy (non-hydrogen) atoms. The van der Waals surface area contributed by atoms with Crippen LogP contribution in [-0.2, 0) is 0 Å². The Balaban J connectivity index is 2.46. The molecular formula is C17H18FNO. The maximum Gasteiger partial charge on any atom is 0.251 e. The van der Waals surface area contributed by atoms with Crippen molar-refractivity contribution in [3.05, 3.63) is 59.4 Å². The molecule has 0 saturated heterocycles. The van der Waals surface area contributed by atoms with Gasteiger partial charge in [-0.1, -0.05) is 32.0 Å². The number of rotatable bonds is 3. The van der Waals surface area contributed by atoms with Crippen LogP contribution >= 0.6 is 0 Å². The molecule has 0 atom stereocenters. The molecule has 2 rings (SSSR count). The van der Waals surface area contributed by atoms with Crippen LogP contribution in [0.25, 0.3) is 11.1 Å². The Morgan fingerprint density at radius 2 is 1.75 bits per heavy atom. The largest absolute Gasteiger partial charge is 0.355 e. The van der Waals surface area contributed by atoms with Crippen molar-refractivity contribution in [2.24, 2.45) is 0 Å². The molecule has 0 aliphatic carbocycles. The fourth-order valence-corrected chi connectivity index (χ4v) is 2.23. The monoisotopic (exact) mass is 271 g/mol. The van der Waals surface area contributed by atoms with E-state index in [1.165, 1.54) is 6.07 Å². The van der Waals surface area contributed by atoms with Crippen LogP contribution < -0.4 is 5.32 Å². The van der Waals surface area contributed by atoms with Gasteiger partial charge in [-0.25, -0.2) is 4.39 Å². The van der Waals surface area contributed by atoms with Crippen LogP contribution in [0.15, 0.2) is 42.5 Å². The second-order valence-corrected chi connectivity index (χ2v) is 5.04. The highest BCUT2D eigenvalue weighted by Gasteiger charge is 2.10. The van der Waals surface area contributed by atoms with Crippen molar-refractivity contribution in [2.75, 3.05) is 7.05 Å². The number of hydrogen-bond donors (Lipinski definition) is 1. The predicted octanol–water partition coefficient (Wildman–Crippen LogP) is 3.98. The molecule has 0 bridgehead atoms.